The first-order chi connectivity index (χ1) is 17.6. The molecule has 2 atom stereocenters. The number of likely N-dealkylation sites (tertiary alicyclic amines) is 1. The third kappa shape index (κ3) is 7.08. The molecule has 1 saturated carbocycles. The fourth-order valence-electron chi connectivity index (χ4n) is 4.22. The molecule has 1 saturated heterocycles. The van der Waals surface area contributed by atoms with Crippen LogP contribution in [0.4, 0.5) is 13.2 Å². The number of hydrogen-bond donors (Lipinski definition) is 2. The van der Waals surface area contributed by atoms with Gasteiger partial charge in [0.1, 0.15) is 17.8 Å². The molecule has 4 rings (SSSR count). The number of nitrogens with one attached hydrogen (secondary N) is 2. The highest BCUT2D eigenvalue weighted by Crippen LogP contribution is 2.30. The van der Waals surface area contributed by atoms with E-state index in [2.05, 4.69) is 15.4 Å². The number of ether oxygens (including phenoxy) is 1. The van der Waals surface area contributed by atoms with Gasteiger partial charge in [0.15, 0.2) is 0 Å². The molecule has 196 valence electrons. The normalized spacial score (nSPS) is 18.3. The Kier molecular flexibility index (Phi) is 7.80. The predicted octanol–water partition coefficient (Wildman–Crippen LogP) is 2.65. The molecule has 2 aliphatic rings. The highest BCUT2D eigenvalue weighted by Gasteiger charge is 2.40. The van der Waals surface area contributed by atoms with Gasteiger partial charge < -0.3 is 20.3 Å². The molecule has 11 heteroatoms. The lowest BCUT2D eigenvalue weighted by Gasteiger charge is -2.27. The molecule has 8 nitrogen and oxygen atoms in total. The Morgan fingerprint density at radius 2 is 1.68 bits per heavy atom. The van der Waals surface area contributed by atoms with E-state index < -0.39 is 47.7 Å². The minimum atomic E-state index is -4.92. The van der Waals surface area contributed by atoms with E-state index in [1.807, 2.05) is 0 Å². The van der Waals surface area contributed by atoms with Gasteiger partial charge >= 0.3 is 6.36 Å². The number of nitrogens with zero attached hydrogens (tertiary/aromatic N) is 1. The Hall–Kier alpha value is -3.89. The van der Waals surface area contributed by atoms with E-state index in [4.69, 9.17) is 0 Å². The number of amides is 3. The summed E-state index contributed by atoms with van der Waals surface area (Å²) in [4.78, 5) is 52.4. The fraction of sp³-hybridized carbons (Fsp3) is 0.385. The Balaban J connectivity index is 1.50. The molecule has 1 aliphatic carbocycles. The number of carbonyl (C=O) groups is 4. The summed E-state index contributed by atoms with van der Waals surface area (Å²) in [6.45, 7) is -0.289. The van der Waals surface area contributed by atoms with Crippen molar-refractivity contribution in [3.8, 4) is 5.75 Å². The molecule has 2 aromatic rings. The number of benzene rings is 2. The summed E-state index contributed by atoms with van der Waals surface area (Å²) >= 11 is 0. The molecule has 2 aromatic carbocycles. The highest BCUT2D eigenvalue weighted by molar-refractivity contribution is 6.38. The Morgan fingerprint density at radius 3 is 2.35 bits per heavy atom. The second-order valence-corrected chi connectivity index (χ2v) is 9.09. The quantitative estimate of drug-likeness (QED) is 0.472. The molecule has 0 radical (unpaired) electrons. The minimum Gasteiger partial charge on any atom is -0.405 e. The van der Waals surface area contributed by atoms with Gasteiger partial charge in [0.2, 0.25) is 17.6 Å². The predicted molar refractivity (Wildman–Crippen MR) is 125 cm³/mol. The van der Waals surface area contributed by atoms with Crippen LogP contribution in [0.3, 0.4) is 0 Å². The molecule has 37 heavy (non-hydrogen) atoms. The molecule has 0 spiro atoms. The zero-order valence-corrected chi connectivity index (χ0v) is 19.8. The number of para-hydroxylation sites is 1. The van der Waals surface area contributed by atoms with Crippen LogP contribution in [0.15, 0.2) is 54.6 Å². The summed E-state index contributed by atoms with van der Waals surface area (Å²) in [5.41, 5.74) is 0.798. The van der Waals surface area contributed by atoms with Gasteiger partial charge in [-0.15, -0.1) is 13.2 Å². The summed E-state index contributed by atoms with van der Waals surface area (Å²) in [5, 5.41) is 5.24. The van der Waals surface area contributed by atoms with Crippen molar-refractivity contribution in [2.45, 2.75) is 63.1 Å². The number of alkyl halides is 3. The van der Waals surface area contributed by atoms with E-state index in [1.54, 1.807) is 30.3 Å². The zero-order chi connectivity index (χ0) is 26.6. The van der Waals surface area contributed by atoms with Gasteiger partial charge in [0, 0.05) is 24.4 Å². The lowest BCUT2D eigenvalue weighted by molar-refractivity contribution is -0.275. The summed E-state index contributed by atoms with van der Waals surface area (Å²) in [5.74, 6) is -3.14. The van der Waals surface area contributed by atoms with Crippen molar-refractivity contribution in [1.29, 1.82) is 0 Å². The SMILES string of the molecule is O=C(NC1CC1)C(=O)C(Cc1ccccc1)NC(=O)[C@H]1CCC(=O)N1Cc1ccccc1OC(F)(F)F. The molecule has 2 fully saturated rings. The molecular weight excluding hydrogens is 491 g/mol. The van der Waals surface area contributed by atoms with Crippen LogP contribution in [0.25, 0.3) is 0 Å². The van der Waals surface area contributed by atoms with Crippen molar-refractivity contribution in [2.24, 2.45) is 0 Å². The molecule has 3 amide bonds. The van der Waals surface area contributed by atoms with Crippen molar-refractivity contribution < 1.29 is 37.1 Å². The molecule has 2 N–H and O–H groups in total. The average Bonchev–Trinajstić information content (AvgIpc) is 3.59. The Morgan fingerprint density at radius 1 is 1.00 bits per heavy atom. The summed E-state index contributed by atoms with van der Waals surface area (Å²) in [6.07, 6.45) is -3.16. The van der Waals surface area contributed by atoms with Crippen LogP contribution in [0.2, 0.25) is 0 Å². The summed E-state index contributed by atoms with van der Waals surface area (Å²) < 4.78 is 42.6. The number of halogens is 3. The van der Waals surface area contributed by atoms with Crippen LogP contribution in [0.5, 0.6) is 5.75 Å². The van der Waals surface area contributed by atoms with E-state index >= 15 is 0 Å². The van der Waals surface area contributed by atoms with Crippen molar-refractivity contribution in [1.82, 2.24) is 15.5 Å². The monoisotopic (exact) mass is 517 g/mol. The molecular formula is C26H26F3N3O5. The maximum Gasteiger partial charge on any atom is 0.573 e. The number of carbonyl (C=O) groups excluding carboxylic acids is 4. The van der Waals surface area contributed by atoms with Gasteiger partial charge in [-0.05, 0) is 30.9 Å². The largest absolute Gasteiger partial charge is 0.573 e. The van der Waals surface area contributed by atoms with Crippen LogP contribution in [-0.4, -0.2) is 52.9 Å². The van der Waals surface area contributed by atoms with Gasteiger partial charge in [-0.1, -0.05) is 48.5 Å². The standard InChI is InChI=1S/C26H26F3N3O5/c27-26(28,29)37-21-9-5-4-8-17(21)15-32-20(12-13-22(32)33)24(35)31-19(14-16-6-2-1-3-7-16)23(34)25(36)30-18-10-11-18/h1-9,18-20H,10-15H2,(H,30,36)(H,31,35)/t19?,20-/m1/s1. The minimum absolute atomic E-state index is 0.0137. The Labute approximate surface area is 211 Å². The first kappa shape index (κ1) is 26.2. The van der Waals surface area contributed by atoms with Gasteiger partial charge in [-0.25, -0.2) is 0 Å². The van der Waals surface area contributed by atoms with Crippen LogP contribution in [0.1, 0.15) is 36.8 Å². The first-order valence-corrected chi connectivity index (χ1v) is 11.9. The first-order valence-electron chi connectivity index (χ1n) is 11.9. The van der Waals surface area contributed by atoms with Crippen LogP contribution in [0, 0.1) is 0 Å². The second kappa shape index (κ2) is 11.0. The van der Waals surface area contributed by atoms with E-state index in [-0.39, 0.29) is 37.4 Å². The third-order valence-electron chi connectivity index (χ3n) is 6.22. The van der Waals surface area contributed by atoms with Crippen molar-refractivity contribution >= 4 is 23.5 Å². The van der Waals surface area contributed by atoms with E-state index in [0.717, 1.165) is 24.5 Å². The van der Waals surface area contributed by atoms with E-state index in [0.29, 0.717) is 0 Å². The molecule has 1 aliphatic heterocycles. The maximum atomic E-state index is 13.3. The third-order valence-corrected chi connectivity index (χ3v) is 6.22. The van der Waals surface area contributed by atoms with Crippen LogP contribution < -0.4 is 15.4 Å². The van der Waals surface area contributed by atoms with Crippen molar-refractivity contribution in [3.63, 3.8) is 0 Å². The van der Waals surface area contributed by atoms with Gasteiger partial charge in [0.05, 0.1) is 6.54 Å². The maximum absolute atomic E-state index is 13.3. The zero-order valence-electron chi connectivity index (χ0n) is 19.8. The summed E-state index contributed by atoms with van der Waals surface area (Å²) in [6, 6.07) is 12.0. The second-order valence-electron chi connectivity index (χ2n) is 9.09. The van der Waals surface area contributed by atoms with E-state index in [9.17, 15) is 32.3 Å². The average molecular weight is 518 g/mol. The number of rotatable bonds is 10. The summed E-state index contributed by atoms with van der Waals surface area (Å²) in [7, 11) is 0. The molecule has 1 unspecified atom stereocenters. The smallest absolute Gasteiger partial charge is 0.405 e. The number of hydrogen-bond acceptors (Lipinski definition) is 5. The van der Waals surface area contributed by atoms with Gasteiger partial charge in [0.25, 0.3) is 5.91 Å². The fourth-order valence-corrected chi connectivity index (χ4v) is 4.22. The molecule has 0 bridgehead atoms. The lowest BCUT2D eigenvalue weighted by Crippen LogP contribution is -2.53. The van der Waals surface area contributed by atoms with Crippen LogP contribution in [-0.2, 0) is 32.1 Å². The van der Waals surface area contributed by atoms with E-state index in [1.165, 1.54) is 23.1 Å². The van der Waals surface area contributed by atoms with Gasteiger partial charge in [-0.2, -0.15) is 0 Å². The molecule has 0 aromatic heterocycles. The van der Waals surface area contributed by atoms with Gasteiger partial charge in [-0.3, -0.25) is 19.2 Å². The number of Topliss-reactive ketones (excluding diaryl/α,β-unsaturated/α-hetero) is 1. The molecule has 1 heterocycles. The van der Waals surface area contributed by atoms with Crippen molar-refractivity contribution in [2.75, 3.05) is 0 Å². The van der Waals surface area contributed by atoms with Crippen molar-refractivity contribution in [3.05, 3.63) is 65.7 Å². The topological polar surface area (TPSA) is 105 Å². The Bertz CT molecular complexity index is 1170. The number of ketones is 1. The highest BCUT2D eigenvalue weighted by atomic mass is 19.4. The van der Waals surface area contributed by atoms with Crippen LogP contribution >= 0.6 is 0 Å². The lowest BCUT2D eigenvalue weighted by atomic mass is 10.0.